The molecular weight excluding hydrogens is 250 g/mol. The fourth-order valence-electron chi connectivity index (χ4n) is 2.51. The van der Waals surface area contributed by atoms with Crippen LogP contribution in [0.2, 0.25) is 0 Å². The number of ether oxygens (including phenoxy) is 1. The first kappa shape index (κ1) is 14.9. The van der Waals surface area contributed by atoms with Gasteiger partial charge in [0.05, 0.1) is 13.7 Å². The molecule has 20 heavy (non-hydrogen) atoms. The van der Waals surface area contributed by atoms with Gasteiger partial charge in [-0.3, -0.25) is 0 Å². The smallest absolute Gasteiger partial charge is 0.176 e. The number of furan rings is 1. The molecule has 2 rings (SSSR count). The third-order valence-electron chi connectivity index (χ3n) is 3.65. The Bertz CT molecular complexity index is 584. The predicted octanol–water partition coefficient (Wildman–Crippen LogP) is 4.06. The van der Waals surface area contributed by atoms with E-state index in [2.05, 4.69) is 45.1 Å². The van der Waals surface area contributed by atoms with Gasteiger partial charge in [0.2, 0.25) is 0 Å². The molecule has 0 aliphatic rings. The molecule has 110 valence electrons. The van der Waals surface area contributed by atoms with E-state index < -0.39 is 0 Å². The van der Waals surface area contributed by atoms with Gasteiger partial charge < -0.3 is 14.5 Å². The molecule has 0 bridgehead atoms. The van der Waals surface area contributed by atoms with Crippen molar-refractivity contribution in [3.63, 3.8) is 0 Å². The van der Waals surface area contributed by atoms with Crippen LogP contribution in [0, 0.1) is 0 Å². The number of fused-ring (bicyclic) bond motifs is 1. The molecule has 0 spiro atoms. The van der Waals surface area contributed by atoms with Crippen LogP contribution in [0.25, 0.3) is 11.0 Å². The summed E-state index contributed by atoms with van der Waals surface area (Å²) in [4.78, 5) is 0. The Labute approximate surface area is 121 Å². The zero-order valence-corrected chi connectivity index (χ0v) is 13.2. The fourth-order valence-corrected chi connectivity index (χ4v) is 2.51. The van der Waals surface area contributed by atoms with E-state index in [9.17, 15) is 0 Å². The molecule has 1 aromatic heterocycles. The minimum Gasteiger partial charge on any atom is -0.493 e. The first-order chi connectivity index (χ1) is 9.60. The molecule has 1 N–H and O–H groups in total. The van der Waals surface area contributed by atoms with E-state index in [4.69, 9.17) is 9.15 Å². The van der Waals surface area contributed by atoms with Gasteiger partial charge in [-0.25, -0.2) is 0 Å². The van der Waals surface area contributed by atoms with E-state index in [0.29, 0.717) is 6.04 Å². The summed E-state index contributed by atoms with van der Waals surface area (Å²) in [7, 11) is 1.70. The number of rotatable bonds is 6. The maximum atomic E-state index is 6.07. The third kappa shape index (κ3) is 2.83. The van der Waals surface area contributed by atoms with Crippen molar-refractivity contribution >= 4 is 11.0 Å². The highest BCUT2D eigenvalue weighted by atomic mass is 16.5. The van der Waals surface area contributed by atoms with Crippen molar-refractivity contribution < 1.29 is 9.15 Å². The summed E-state index contributed by atoms with van der Waals surface area (Å²) >= 11 is 0. The van der Waals surface area contributed by atoms with Gasteiger partial charge in [0.15, 0.2) is 11.3 Å². The van der Waals surface area contributed by atoms with Crippen LogP contribution >= 0.6 is 0 Å². The number of benzene rings is 1. The lowest BCUT2D eigenvalue weighted by Gasteiger charge is -2.06. The Balaban J connectivity index is 2.54. The summed E-state index contributed by atoms with van der Waals surface area (Å²) in [6, 6.07) is 4.75. The van der Waals surface area contributed by atoms with Crippen LogP contribution in [-0.2, 0) is 19.4 Å². The van der Waals surface area contributed by atoms with Crippen molar-refractivity contribution in [2.24, 2.45) is 0 Å². The minimum absolute atomic E-state index is 0.445. The molecule has 1 heterocycles. The normalized spacial score (nSPS) is 11.5. The van der Waals surface area contributed by atoms with Gasteiger partial charge in [0.25, 0.3) is 0 Å². The van der Waals surface area contributed by atoms with E-state index in [1.165, 1.54) is 16.5 Å². The molecule has 0 amide bonds. The Morgan fingerprint density at radius 2 is 1.95 bits per heavy atom. The Morgan fingerprint density at radius 3 is 2.50 bits per heavy atom. The van der Waals surface area contributed by atoms with E-state index in [1.807, 2.05) is 0 Å². The van der Waals surface area contributed by atoms with Crippen LogP contribution in [0.3, 0.4) is 0 Å². The summed E-state index contributed by atoms with van der Waals surface area (Å²) in [5.41, 5.74) is 3.46. The molecule has 1 aromatic carbocycles. The van der Waals surface area contributed by atoms with E-state index >= 15 is 0 Å². The molecular formula is C17H25NO2. The highest BCUT2D eigenvalue weighted by Gasteiger charge is 2.17. The van der Waals surface area contributed by atoms with Crippen LogP contribution in [-0.4, -0.2) is 13.2 Å². The summed E-state index contributed by atoms with van der Waals surface area (Å²) in [6.07, 6.45) is 1.97. The van der Waals surface area contributed by atoms with Crippen molar-refractivity contribution in [3.05, 3.63) is 29.0 Å². The van der Waals surface area contributed by atoms with E-state index in [-0.39, 0.29) is 0 Å². The van der Waals surface area contributed by atoms with Gasteiger partial charge in [-0.15, -0.1) is 0 Å². The van der Waals surface area contributed by atoms with Gasteiger partial charge in [-0.05, 0) is 30.5 Å². The summed E-state index contributed by atoms with van der Waals surface area (Å²) < 4.78 is 11.6. The van der Waals surface area contributed by atoms with Gasteiger partial charge in [0.1, 0.15) is 5.76 Å². The van der Waals surface area contributed by atoms with Crippen LogP contribution in [0.1, 0.15) is 44.6 Å². The van der Waals surface area contributed by atoms with Crippen LogP contribution in [0.4, 0.5) is 0 Å². The Kier molecular flexibility index (Phi) is 4.71. The summed E-state index contributed by atoms with van der Waals surface area (Å²) in [5, 5.41) is 4.63. The fraction of sp³-hybridized carbons (Fsp3) is 0.529. The SMILES string of the molecule is CCc1cc(OC)c2oc(CNC(C)C)c(CC)c2c1. The highest BCUT2D eigenvalue weighted by molar-refractivity contribution is 5.88. The molecule has 0 unspecified atom stereocenters. The first-order valence-electron chi connectivity index (χ1n) is 7.45. The number of aryl methyl sites for hydroxylation is 2. The standard InChI is InChI=1S/C17H25NO2/c1-6-12-8-14-13(7-2)16(10-18-11(3)4)20-17(14)15(9-12)19-5/h8-9,11,18H,6-7,10H2,1-5H3. The number of nitrogens with one attached hydrogen (secondary N) is 1. The zero-order chi connectivity index (χ0) is 14.7. The maximum Gasteiger partial charge on any atom is 0.176 e. The second-order valence-corrected chi connectivity index (χ2v) is 5.42. The largest absolute Gasteiger partial charge is 0.493 e. The maximum absolute atomic E-state index is 6.07. The lowest BCUT2D eigenvalue weighted by Crippen LogP contribution is -2.22. The van der Waals surface area contributed by atoms with Crippen LogP contribution in [0.5, 0.6) is 5.75 Å². The quantitative estimate of drug-likeness (QED) is 0.863. The molecule has 0 saturated carbocycles. The Hall–Kier alpha value is -1.48. The first-order valence-corrected chi connectivity index (χ1v) is 7.45. The topological polar surface area (TPSA) is 34.4 Å². The minimum atomic E-state index is 0.445. The van der Waals surface area contributed by atoms with Crippen molar-refractivity contribution in [1.82, 2.24) is 5.32 Å². The summed E-state index contributed by atoms with van der Waals surface area (Å²) in [5.74, 6) is 1.87. The predicted molar refractivity (Wildman–Crippen MR) is 83.5 cm³/mol. The molecule has 0 fully saturated rings. The van der Waals surface area contributed by atoms with Crippen LogP contribution in [0.15, 0.2) is 16.5 Å². The molecule has 3 heteroatoms. The molecule has 2 aromatic rings. The van der Waals surface area contributed by atoms with Crippen LogP contribution < -0.4 is 10.1 Å². The molecule has 0 saturated heterocycles. The van der Waals surface area contributed by atoms with Crippen molar-refractivity contribution in [3.8, 4) is 5.75 Å². The van der Waals surface area contributed by atoms with Gasteiger partial charge in [-0.1, -0.05) is 27.7 Å². The molecule has 0 radical (unpaired) electrons. The average molecular weight is 275 g/mol. The monoisotopic (exact) mass is 275 g/mol. The molecule has 3 nitrogen and oxygen atoms in total. The van der Waals surface area contributed by atoms with Gasteiger partial charge >= 0.3 is 0 Å². The molecule has 0 aliphatic heterocycles. The van der Waals surface area contributed by atoms with Gasteiger partial charge in [0, 0.05) is 17.0 Å². The van der Waals surface area contributed by atoms with Crippen molar-refractivity contribution in [2.75, 3.05) is 7.11 Å². The number of hydrogen-bond donors (Lipinski definition) is 1. The second kappa shape index (κ2) is 6.31. The zero-order valence-electron chi connectivity index (χ0n) is 13.2. The van der Waals surface area contributed by atoms with E-state index in [0.717, 1.165) is 36.5 Å². The van der Waals surface area contributed by atoms with E-state index in [1.54, 1.807) is 7.11 Å². The molecule has 0 atom stereocenters. The molecule has 0 aliphatic carbocycles. The van der Waals surface area contributed by atoms with Crippen molar-refractivity contribution in [1.29, 1.82) is 0 Å². The summed E-state index contributed by atoms with van der Waals surface area (Å²) in [6.45, 7) is 9.38. The second-order valence-electron chi connectivity index (χ2n) is 5.42. The lowest BCUT2D eigenvalue weighted by molar-refractivity contribution is 0.404. The highest BCUT2D eigenvalue weighted by Crippen LogP contribution is 2.34. The number of hydrogen-bond acceptors (Lipinski definition) is 3. The number of methoxy groups -OCH3 is 1. The van der Waals surface area contributed by atoms with Crippen molar-refractivity contribution in [2.45, 2.75) is 53.1 Å². The lowest BCUT2D eigenvalue weighted by atomic mass is 10.0. The van der Waals surface area contributed by atoms with Gasteiger partial charge in [-0.2, -0.15) is 0 Å². The third-order valence-corrected chi connectivity index (χ3v) is 3.65. The average Bonchev–Trinajstić information content (AvgIpc) is 2.81. The Morgan fingerprint density at radius 1 is 1.20 bits per heavy atom.